The van der Waals surface area contributed by atoms with Crippen molar-refractivity contribution < 1.29 is 0 Å². The Hall–Kier alpha value is 0. The highest BCUT2D eigenvalue weighted by molar-refractivity contribution is 4.83. The van der Waals surface area contributed by atoms with Gasteiger partial charge >= 0.3 is 0 Å². The molecular formula is C17H34. The zero-order valence-corrected chi connectivity index (χ0v) is 12.9. The molecule has 0 spiro atoms. The summed E-state index contributed by atoms with van der Waals surface area (Å²) in [5.41, 5.74) is 0.583. The number of rotatable bonds is 6. The molecule has 1 atom stereocenters. The van der Waals surface area contributed by atoms with Crippen LogP contribution in [0.2, 0.25) is 0 Å². The molecule has 1 aliphatic rings. The molecule has 0 aromatic rings. The summed E-state index contributed by atoms with van der Waals surface area (Å²) in [6, 6.07) is 0. The van der Waals surface area contributed by atoms with Crippen LogP contribution in [0.1, 0.15) is 86.0 Å². The van der Waals surface area contributed by atoms with Gasteiger partial charge in [0.2, 0.25) is 0 Å². The maximum atomic E-state index is 2.47. The third-order valence-corrected chi connectivity index (χ3v) is 5.38. The van der Waals surface area contributed by atoms with E-state index in [4.69, 9.17) is 0 Å². The van der Waals surface area contributed by atoms with Crippen LogP contribution in [0.3, 0.4) is 0 Å². The first-order valence-electron chi connectivity index (χ1n) is 7.99. The van der Waals surface area contributed by atoms with Crippen LogP contribution in [0, 0.1) is 23.2 Å². The molecule has 0 bridgehead atoms. The van der Waals surface area contributed by atoms with Gasteiger partial charge in [0, 0.05) is 0 Å². The summed E-state index contributed by atoms with van der Waals surface area (Å²) < 4.78 is 0. The van der Waals surface area contributed by atoms with Gasteiger partial charge < -0.3 is 0 Å². The number of hydrogen-bond acceptors (Lipinski definition) is 0. The van der Waals surface area contributed by atoms with E-state index in [0.717, 1.165) is 17.8 Å². The van der Waals surface area contributed by atoms with Crippen molar-refractivity contribution in [1.29, 1.82) is 0 Å². The van der Waals surface area contributed by atoms with Gasteiger partial charge in [-0.25, -0.2) is 0 Å². The third-order valence-electron chi connectivity index (χ3n) is 5.38. The maximum Gasteiger partial charge on any atom is -0.0329 e. The van der Waals surface area contributed by atoms with Crippen molar-refractivity contribution in [3.63, 3.8) is 0 Å². The Balaban J connectivity index is 2.31. The first kappa shape index (κ1) is 15.1. The van der Waals surface area contributed by atoms with Crippen LogP contribution >= 0.6 is 0 Å². The Morgan fingerprint density at radius 1 is 1.06 bits per heavy atom. The second-order valence-electron chi connectivity index (χ2n) is 7.19. The van der Waals surface area contributed by atoms with Crippen LogP contribution in [-0.4, -0.2) is 0 Å². The Kier molecular flexibility index (Phi) is 6.03. The molecule has 0 N–H and O–H groups in total. The molecule has 1 unspecified atom stereocenters. The Bertz CT molecular complexity index is 196. The van der Waals surface area contributed by atoms with Crippen LogP contribution in [0.15, 0.2) is 0 Å². The minimum absolute atomic E-state index is 0.583. The van der Waals surface area contributed by atoms with Gasteiger partial charge in [0.1, 0.15) is 0 Å². The van der Waals surface area contributed by atoms with Crippen molar-refractivity contribution in [2.75, 3.05) is 0 Å². The minimum Gasteiger partial charge on any atom is -0.0654 e. The molecule has 1 rings (SSSR count). The van der Waals surface area contributed by atoms with E-state index in [1.807, 2.05) is 0 Å². The normalized spacial score (nSPS) is 28.1. The van der Waals surface area contributed by atoms with Gasteiger partial charge in [-0.3, -0.25) is 0 Å². The van der Waals surface area contributed by atoms with E-state index in [1.165, 1.54) is 51.4 Å². The van der Waals surface area contributed by atoms with Gasteiger partial charge in [-0.2, -0.15) is 0 Å². The molecule has 0 nitrogen and oxygen atoms in total. The molecule has 1 aliphatic carbocycles. The van der Waals surface area contributed by atoms with E-state index in [2.05, 4.69) is 34.6 Å². The fourth-order valence-electron chi connectivity index (χ4n) is 3.65. The van der Waals surface area contributed by atoms with Crippen LogP contribution in [0.4, 0.5) is 0 Å². The zero-order chi connectivity index (χ0) is 12.9. The van der Waals surface area contributed by atoms with Gasteiger partial charge in [0.05, 0.1) is 0 Å². The molecule has 0 heteroatoms. The second-order valence-corrected chi connectivity index (χ2v) is 7.19. The Labute approximate surface area is 110 Å². The summed E-state index contributed by atoms with van der Waals surface area (Å²) in [5.74, 6) is 2.99. The van der Waals surface area contributed by atoms with Crippen molar-refractivity contribution in [3.8, 4) is 0 Å². The first-order valence-corrected chi connectivity index (χ1v) is 7.99. The van der Waals surface area contributed by atoms with Crippen molar-refractivity contribution in [3.05, 3.63) is 0 Å². The van der Waals surface area contributed by atoms with Crippen molar-refractivity contribution in [2.24, 2.45) is 23.2 Å². The molecule has 0 radical (unpaired) electrons. The van der Waals surface area contributed by atoms with E-state index in [0.29, 0.717) is 5.41 Å². The fourth-order valence-corrected chi connectivity index (χ4v) is 3.65. The van der Waals surface area contributed by atoms with Crippen LogP contribution in [0.25, 0.3) is 0 Å². The zero-order valence-electron chi connectivity index (χ0n) is 12.9. The van der Waals surface area contributed by atoms with Crippen LogP contribution in [-0.2, 0) is 0 Å². The summed E-state index contributed by atoms with van der Waals surface area (Å²) in [6.07, 6.45) is 11.6. The Morgan fingerprint density at radius 2 is 1.65 bits per heavy atom. The topological polar surface area (TPSA) is 0 Å². The summed E-state index contributed by atoms with van der Waals surface area (Å²) in [4.78, 5) is 0. The fraction of sp³-hybridized carbons (Fsp3) is 1.00. The quantitative estimate of drug-likeness (QED) is 0.528. The highest BCUT2D eigenvalue weighted by Crippen LogP contribution is 2.43. The van der Waals surface area contributed by atoms with Crippen LogP contribution in [0.5, 0.6) is 0 Å². The predicted octanol–water partition coefficient (Wildman–Crippen LogP) is 6.06. The lowest BCUT2D eigenvalue weighted by Gasteiger charge is -2.39. The van der Waals surface area contributed by atoms with Crippen LogP contribution < -0.4 is 0 Å². The van der Waals surface area contributed by atoms with Gasteiger partial charge in [-0.1, -0.05) is 66.7 Å². The third kappa shape index (κ3) is 4.64. The van der Waals surface area contributed by atoms with Gasteiger partial charge in [-0.05, 0) is 42.4 Å². The summed E-state index contributed by atoms with van der Waals surface area (Å²) in [5, 5.41) is 0. The standard InChI is InChI=1S/C17H34/c1-6-8-14(3)13-15-9-11-16(12-10-15)17(4,5)7-2/h14-16H,6-13H2,1-5H3. The van der Waals surface area contributed by atoms with E-state index < -0.39 is 0 Å². The summed E-state index contributed by atoms with van der Waals surface area (Å²) >= 11 is 0. The average molecular weight is 238 g/mol. The molecule has 0 aromatic carbocycles. The lowest BCUT2D eigenvalue weighted by atomic mass is 9.66. The molecule has 0 heterocycles. The average Bonchev–Trinajstić information content (AvgIpc) is 2.30. The van der Waals surface area contributed by atoms with Gasteiger partial charge in [-0.15, -0.1) is 0 Å². The van der Waals surface area contributed by atoms with Gasteiger partial charge in [0.15, 0.2) is 0 Å². The highest BCUT2D eigenvalue weighted by Gasteiger charge is 2.31. The second kappa shape index (κ2) is 6.81. The minimum atomic E-state index is 0.583. The largest absolute Gasteiger partial charge is 0.0654 e. The molecule has 0 amide bonds. The van der Waals surface area contributed by atoms with E-state index in [-0.39, 0.29) is 0 Å². The van der Waals surface area contributed by atoms with Crippen molar-refractivity contribution in [2.45, 2.75) is 86.0 Å². The highest BCUT2D eigenvalue weighted by atomic mass is 14.4. The molecule has 0 saturated heterocycles. The maximum absolute atomic E-state index is 2.47. The molecule has 0 aliphatic heterocycles. The molecule has 1 saturated carbocycles. The summed E-state index contributed by atoms with van der Waals surface area (Å²) in [6.45, 7) is 12.1. The molecular weight excluding hydrogens is 204 g/mol. The predicted molar refractivity (Wildman–Crippen MR) is 78.2 cm³/mol. The molecule has 17 heavy (non-hydrogen) atoms. The number of hydrogen-bond donors (Lipinski definition) is 0. The molecule has 0 aromatic heterocycles. The summed E-state index contributed by atoms with van der Waals surface area (Å²) in [7, 11) is 0. The monoisotopic (exact) mass is 238 g/mol. The first-order chi connectivity index (χ1) is 7.99. The molecule has 102 valence electrons. The molecule has 1 fully saturated rings. The smallest absolute Gasteiger partial charge is 0.0329 e. The van der Waals surface area contributed by atoms with E-state index >= 15 is 0 Å². The Morgan fingerprint density at radius 3 is 2.12 bits per heavy atom. The van der Waals surface area contributed by atoms with Gasteiger partial charge in [0.25, 0.3) is 0 Å². The lowest BCUT2D eigenvalue weighted by molar-refractivity contribution is 0.120. The van der Waals surface area contributed by atoms with E-state index in [1.54, 1.807) is 0 Å². The van der Waals surface area contributed by atoms with Crippen molar-refractivity contribution in [1.82, 2.24) is 0 Å². The van der Waals surface area contributed by atoms with E-state index in [9.17, 15) is 0 Å². The van der Waals surface area contributed by atoms with Crippen molar-refractivity contribution >= 4 is 0 Å². The lowest BCUT2D eigenvalue weighted by Crippen LogP contribution is -2.28. The SMILES string of the molecule is CCCC(C)CC1CCC(C(C)(C)CC)CC1.